The summed E-state index contributed by atoms with van der Waals surface area (Å²) in [5.74, 6) is -1.71. The molecule has 176 valence electrons. The van der Waals surface area contributed by atoms with Gasteiger partial charge in [0, 0.05) is 11.4 Å². The number of ether oxygens (including phenoxy) is 1. The lowest BCUT2D eigenvalue weighted by Gasteiger charge is -2.23. The first-order chi connectivity index (χ1) is 15.1. The maximum Gasteiger partial charge on any atom is 0.417 e. The molecule has 33 heavy (non-hydrogen) atoms. The van der Waals surface area contributed by atoms with Crippen molar-refractivity contribution in [3.05, 3.63) is 53.6 Å². The van der Waals surface area contributed by atoms with Crippen LogP contribution in [0, 0.1) is 11.3 Å². The first-order valence-corrected chi connectivity index (χ1v) is 10.0. The first-order valence-electron chi connectivity index (χ1n) is 8.90. The summed E-state index contributed by atoms with van der Waals surface area (Å²) >= 11 is 16.4. The second kappa shape index (κ2) is 10.1. The molecule has 0 spiro atoms. The fraction of sp³-hybridized carbons (Fsp3) is 0.250. The number of nitriles is 1. The van der Waals surface area contributed by atoms with Crippen LogP contribution in [0.2, 0.25) is 0 Å². The number of nitrogens with one attached hydrogen (secondary N) is 2. The molecular formula is C20H15Cl3F3N3O4. The fourth-order valence-electron chi connectivity index (χ4n) is 2.35. The average molecular weight is 525 g/mol. The van der Waals surface area contributed by atoms with Gasteiger partial charge in [-0.3, -0.25) is 9.59 Å². The Morgan fingerprint density at radius 2 is 1.58 bits per heavy atom. The number of hydrogen-bond acceptors (Lipinski definition) is 5. The molecule has 0 saturated heterocycles. The van der Waals surface area contributed by atoms with Crippen molar-refractivity contribution in [3.63, 3.8) is 0 Å². The zero-order valence-corrected chi connectivity index (χ0v) is 18.9. The molecule has 2 amide bonds. The highest BCUT2D eigenvalue weighted by Gasteiger charge is 2.35. The van der Waals surface area contributed by atoms with Gasteiger partial charge in [-0.05, 0) is 49.4 Å². The predicted molar refractivity (Wildman–Crippen MR) is 116 cm³/mol. The standard InChI is InChI=1S/C20H15Cl3F3N3O4/c1-18(32,10-33-14-6-4-12(5-7-14)28-17(31)19(21,22)23)16(30)29-13-3-2-11(9-27)15(8-13)20(24,25)26/h2-8,32H,10H2,1H3,(H,28,31)(H,29,30)/t18-/m0/s1. The van der Waals surface area contributed by atoms with Crippen LogP contribution < -0.4 is 15.4 Å². The molecule has 0 radical (unpaired) electrons. The van der Waals surface area contributed by atoms with Gasteiger partial charge in [0.25, 0.3) is 15.6 Å². The summed E-state index contributed by atoms with van der Waals surface area (Å²) in [5, 5.41) is 23.7. The van der Waals surface area contributed by atoms with E-state index in [0.717, 1.165) is 19.1 Å². The number of hydrogen-bond donors (Lipinski definition) is 3. The number of anilines is 2. The van der Waals surface area contributed by atoms with Crippen LogP contribution in [0.25, 0.3) is 0 Å². The number of aliphatic hydroxyl groups is 1. The van der Waals surface area contributed by atoms with Gasteiger partial charge < -0.3 is 20.5 Å². The highest BCUT2D eigenvalue weighted by molar-refractivity contribution is 6.76. The fourth-order valence-corrected chi connectivity index (χ4v) is 2.49. The maximum atomic E-state index is 13.1. The van der Waals surface area contributed by atoms with Gasteiger partial charge in [0.2, 0.25) is 0 Å². The zero-order chi connectivity index (χ0) is 25.0. The average Bonchev–Trinajstić information content (AvgIpc) is 2.72. The van der Waals surface area contributed by atoms with Crippen LogP contribution in [0.1, 0.15) is 18.1 Å². The quantitative estimate of drug-likeness (QED) is 0.476. The minimum absolute atomic E-state index is 0.202. The molecule has 0 aliphatic rings. The number of alkyl halides is 6. The number of carbonyl (C=O) groups excluding carboxylic acids is 2. The van der Waals surface area contributed by atoms with E-state index < -0.39 is 45.1 Å². The topological polar surface area (TPSA) is 111 Å². The van der Waals surface area contributed by atoms with Gasteiger partial charge in [-0.25, -0.2) is 0 Å². The molecule has 0 unspecified atom stereocenters. The van der Waals surface area contributed by atoms with Crippen molar-refractivity contribution in [2.45, 2.75) is 22.5 Å². The van der Waals surface area contributed by atoms with Crippen LogP contribution in [0.15, 0.2) is 42.5 Å². The summed E-state index contributed by atoms with van der Waals surface area (Å²) < 4.78 is 42.4. The Bertz CT molecular complexity index is 1080. The second-order valence-corrected chi connectivity index (χ2v) is 9.14. The molecule has 0 heterocycles. The Kier molecular flexibility index (Phi) is 8.09. The summed E-state index contributed by atoms with van der Waals surface area (Å²) in [6.07, 6.45) is -4.80. The molecule has 0 saturated carbocycles. The third kappa shape index (κ3) is 7.40. The number of carbonyl (C=O) groups is 2. The molecule has 0 bridgehead atoms. The smallest absolute Gasteiger partial charge is 0.417 e. The molecular weight excluding hydrogens is 510 g/mol. The van der Waals surface area contributed by atoms with Crippen LogP contribution in [-0.2, 0) is 15.8 Å². The van der Waals surface area contributed by atoms with Crippen molar-refractivity contribution in [3.8, 4) is 11.8 Å². The number of benzene rings is 2. The third-order valence-corrected chi connectivity index (χ3v) is 4.60. The zero-order valence-electron chi connectivity index (χ0n) is 16.6. The van der Waals surface area contributed by atoms with Crippen LogP contribution in [0.3, 0.4) is 0 Å². The van der Waals surface area contributed by atoms with Crippen molar-refractivity contribution < 1.29 is 32.6 Å². The number of halogens is 6. The van der Waals surface area contributed by atoms with Crippen molar-refractivity contribution in [1.29, 1.82) is 5.26 Å². The molecule has 7 nitrogen and oxygen atoms in total. The van der Waals surface area contributed by atoms with Crippen molar-refractivity contribution in [1.82, 2.24) is 0 Å². The maximum absolute atomic E-state index is 13.1. The minimum Gasteiger partial charge on any atom is -0.490 e. The van der Waals surface area contributed by atoms with Gasteiger partial charge >= 0.3 is 6.18 Å². The van der Waals surface area contributed by atoms with Gasteiger partial charge in [-0.2, -0.15) is 18.4 Å². The van der Waals surface area contributed by atoms with Crippen molar-refractivity contribution in [2.75, 3.05) is 17.2 Å². The molecule has 0 aromatic heterocycles. The second-order valence-electron chi connectivity index (χ2n) is 6.86. The molecule has 13 heteroatoms. The number of rotatable bonds is 6. The van der Waals surface area contributed by atoms with E-state index in [2.05, 4.69) is 10.6 Å². The Labute approximate surface area is 201 Å². The predicted octanol–water partition coefficient (Wildman–Crippen LogP) is 4.65. The summed E-state index contributed by atoms with van der Waals surface area (Å²) in [6.45, 7) is 0.549. The Balaban J connectivity index is 2.03. The Morgan fingerprint density at radius 1 is 1.03 bits per heavy atom. The van der Waals surface area contributed by atoms with Crippen LogP contribution in [-0.4, -0.2) is 32.9 Å². The van der Waals surface area contributed by atoms with Gasteiger partial charge in [0.05, 0.1) is 17.2 Å². The minimum atomic E-state index is -4.80. The summed E-state index contributed by atoms with van der Waals surface area (Å²) in [5.41, 5.74) is -3.94. The molecule has 0 aliphatic heterocycles. The van der Waals surface area contributed by atoms with E-state index in [1.54, 1.807) is 0 Å². The van der Waals surface area contributed by atoms with Gasteiger partial charge in [0.15, 0.2) is 5.60 Å². The largest absolute Gasteiger partial charge is 0.490 e. The van der Waals surface area contributed by atoms with E-state index in [9.17, 15) is 27.9 Å². The number of amides is 2. The third-order valence-electron chi connectivity index (χ3n) is 4.08. The lowest BCUT2D eigenvalue weighted by atomic mass is 10.1. The molecule has 1 atom stereocenters. The van der Waals surface area contributed by atoms with E-state index in [-0.39, 0.29) is 17.1 Å². The lowest BCUT2D eigenvalue weighted by Crippen LogP contribution is -2.45. The Morgan fingerprint density at radius 3 is 2.09 bits per heavy atom. The van der Waals surface area contributed by atoms with E-state index in [4.69, 9.17) is 44.8 Å². The van der Waals surface area contributed by atoms with Crippen LogP contribution in [0.5, 0.6) is 5.75 Å². The van der Waals surface area contributed by atoms with E-state index >= 15 is 0 Å². The van der Waals surface area contributed by atoms with E-state index in [1.807, 2.05) is 0 Å². The van der Waals surface area contributed by atoms with Crippen LogP contribution >= 0.6 is 34.8 Å². The number of nitrogens with zero attached hydrogens (tertiary/aromatic N) is 1. The first kappa shape index (κ1) is 26.5. The van der Waals surface area contributed by atoms with E-state index in [0.29, 0.717) is 6.07 Å². The summed E-state index contributed by atoms with van der Waals surface area (Å²) in [7, 11) is 0. The highest BCUT2D eigenvalue weighted by atomic mass is 35.6. The Hall–Kier alpha value is -2.71. The van der Waals surface area contributed by atoms with Crippen molar-refractivity contribution >= 4 is 58.0 Å². The normalized spacial score (nSPS) is 13.4. The molecule has 0 fully saturated rings. The molecule has 2 aromatic carbocycles. The molecule has 2 aromatic rings. The molecule has 2 rings (SSSR count). The van der Waals surface area contributed by atoms with Crippen molar-refractivity contribution in [2.24, 2.45) is 0 Å². The monoisotopic (exact) mass is 523 g/mol. The summed E-state index contributed by atoms with van der Waals surface area (Å²) in [4.78, 5) is 24.0. The lowest BCUT2D eigenvalue weighted by molar-refractivity contribution is -0.138. The van der Waals surface area contributed by atoms with Crippen LogP contribution in [0.4, 0.5) is 24.5 Å². The van der Waals surface area contributed by atoms with Gasteiger partial charge in [-0.1, -0.05) is 34.8 Å². The van der Waals surface area contributed by atoms with Gasteiger partial charge in [-0.15, -0.1) is 0 Å². The van der Waals surface area contributed by atoms with Gasteiger partial charge in [0.1, 0.15) is 12.4 Å². The SMILES string of the molecule is C[C@](O)(COc1ccc(NC(=O)C(Cl)(Cl)Cl)cc1)C(=O)Nc1ccc(C#N)c(C(F)(F)F)c1. The summed E-state index contributed by atoms with van der Waals surface area (Å²) in [6, 6.07) is 9.66. The molecule has 3 N–H and O–H groups in total. The highest BCUT2D eigenvalue weighted by Crippen LogP contribution is 2.34. The van der Waals surface area contributed by atoms with E-state index in [1.165, 1.54) is 30.3 Å². The molecule has 0 aliphatic carbocycles.